The summed E-state index contributed by atoms with van der Waals surface area (Å²) in [4.78, 5) is 6.95. The first-order valence-corrected chi connectivity index (χ1v) is 8.09. The Kier molecular flexibility index (Phi) is 5.59. The molecule has 2 heterocycles. The summed E-state index contributed by atoms with van der Waals surface area (Å²) in [7, 11) is 2.03. The standard InChI is InChI=1S/C17H29N3O/c1-5-21-15-11-14(12-19-13-15)16(18-4)17(2,3)20-9-7-6-8-10-20/h11-13,16,18H,5-10H2,1-4H3. The van der Waals surface area contributed by atoms with Gasteiger partial charge < -0.3 is 10.1 Å². The molecule has 1 aliphatic heterocycles. The summed E-state index contributed by atoms with van der Waals surface area (Å²) in [6, 6.07) is 2.35. The molecule has 4 nitrogen and oxygen atoms in total. The van der Waals surface area contributed by atoms with E-state index in [1.807, 2.05) is 20.2 Å². The van der Waals surface area contributed by atoms with E-state index in [1.165, 1.54) is 37.9 Å². The number of aromatic nitrogens is 1. The van der Waals surface area contributed by atoms with Gasteiger partial charge in [-0.2, -0.15) is 0 Å². The van der Waals surface area contributed by atoms with Crippen molar-refractivity contribution in [3.05, 3.63) is 24.0 Å². The molecule has 0 saturated carbocycles. The predicted octanol–water partition coefficient (Wildman–Crippen LogP) is 3.01. The van der Waals surface area contributed by atoms with Gasteiger partial charge in [-0.25, -0.2) is 0 Å². The van der Waals surface area contributed by atoms with E-state index in [0.29, 0.717) is 6.61 Å². The summed E-state index contributed by atoms with van der Waals surface area (Å²) in [6.07, 6.45) is 7.70. The fraction of sp³-hybridized carbons (Fsp3) is 0.706. The summed E-state index contributed by atoms with van der Waals surface area (Å²) in [6.45, 7) is 9.69. The van der Waals surface area contributed by atoms with Gasteiger partial charge in [-0.1, -0.05) is 6.42 Å². The maximum absolute atomic E-state index is 5.60. The van der Waals surface area contributed by atoms with Crippen molar-refractivity contribution in [1.82, 2.24) is 15.2 Å². The fourth-order valence-electron chi connectivity index (χ4n) is 3.42. The maximum atomic E-state index is 5.60. The van der Waals surface area contributed by atoms with Gasteiger partial charge in [-0.15, -0.1) is 0 Å². The molecule has 21 heavy (non-hydrogen) atoms. The Morgan fingerprint density at radius 1 is 1.29 bits per heavy atom. The third-order valence-electron chi connectivity index (χ3n) is 4.54. The van der Waals surface area contributed by atoms with E-state index < -0.39 is 0 Å². The number of rotatable bonds is 6. The van der Waals surface area contributed by atoms with Gasteiger partial charge in [0.2, 0.25) is 0 Å². The minimum Gasteiger partial charge on any atom is -0.492 e. The van der Waals surface area contributed by atoms with Crippen LogP contribution in [0.1, 0.15) is 51.6 Å². The first kappa shape index (κ1) is 16.2. The highest BCUT2D eigenvalue weighted by molar-refractivity contribution is 5.28. The van der Waals surface area contributed by atoms with Crippen molar-refractivity contribution in [2.24, 2.45) is 0 Å². The van der Waals surface area contributed by atoms with E-state index in [4.69, 9.17) is 4.74 Å². The zero-order valence-electron chi connectivity index (χ0n) is 13.9. The minimum absolute atomic E-state index is 0.0572. The maximum Gasteiger partial charge on any atom is 0.137 e. The van der Waals surface area contributed by atoms with Crippen LogP contribution in [-0.2, 0) is 0 Å². The smallest absolute Gasteiger partial charge is 0.137 e. The Labute approximate surface area is 128 Å². The molecule has 1 aromatic rings. The molecule has 4 heteroatoms. The van der Waals surface area contributed by atoms with Crippen LogP contribution in [0.2, 0.25) is 0 Å². The number of piperidine rings is 1. The molecule has 2 rings (SSSR count). The number of pyridine rings is 1. The van der Waals surface area contributed by atoms with Gasteiger partial charge in [0.1, 0.15) is 5.75 Å². The largest absolute Gasteiger partial charge is 0.492 e. The second-order valence-electron chi connectivity index (χ2n) is 6.31. The van der Waals surface area contributed by atoms with Crippen molar-refractivity contribution in [2.45, 2.75) is 51.6 Å². The lowest BCUT2D eigenvalue weighted by Gasteiger charge is -2.46. The highest BCUT2D eigenvalue weighted by Crippen LogP contribution is 2.33. The van der Waals surface area contributed by atoms with Crippen LogP contribution in [0.15, 0.2) is 18.5 Å². The Morgan fingerprint density at radius 2 is 2.00 bits per heavy atom. The number of likely N-dealkylation sites (tertiary alicyclic amines) is 1. The molecule has 0 radical (unpaired) electrons. The van der Waals surface area contributed by atoms with Crippen LogP contribution >= 0.6 is 0 Å². The lowest BCUT2D eigenvalue weighted by Crippen LogP contribution is -2.53. The molecule has 1 atom stereocenters. The second kappa shape index (κ2) is 7.23. The van der Waals surface area contributed by atoms with E-state index in [9.17, 15) is 0 Å². The van der Waals surface area contributed by atoms with Gasteiger partial charge in [0.05, 0.1) is 18.8 Å². The SMILES string of the molecule is CCOc1cncc(C(NC)C(C)(C)N2CCCCC2)c1. The molecular formula is C17H29N3O. The number of nitrogens with zero attached hydrogens (tertiary/aromatic N) is 2. The van der Waals surface area contributed by atoms with Crippen molar-refractivity contribution in [3.8, 4) is 5.75 Å². The molecule has 118 valence electrons. The number of nitrogens with one attached hydrogen (secondary N) is 1. The lowest BCUT2D eigenvalue weighted by molar-refractivity contribution is 0.0631. The van der Waals surface area contributed by atoms with Crippen LogP contribution < -0.4 is 10.1 Å². The highest BCUT2D eigenvalue weighted by Gasteiger charge is 2.36. The van der Waals surface area contributed by atoms with E-state index in [2.05, 4.69) is 35.1 Å². The van der Waals surface area contributed by atoms with Crippen molar-refractivity contribution in [3.63, 3.8) is 0 Å². The Hall–Kier alpha value is -1.13. The molecule has 0 bridgehead atoms. The summed E-state index contributed by atoms with van der Waals surface area (Å²) in [5, 5.41) is 3.49. The molecule has 1 fully saturated rings. The van der Waals surface area contributed by atoms with Crippen LogP contribution in [0.25, 0.3) is 0 Å². The first-order valence-electron chi connectivity index (χ1n) is 8.09. The Morgan fingerprint density at radius 3 is 2.62 bits per heavy atom. The quantitative estimate of drug-likeness (QED) is 0.874. The summed E-state index contributed by atoms with van der Waals surface area (Å²) in [5.41, 5.74) is 1.25. The summed E-state index contributed by atoms with van der Waals surface area (Å²) < 4.78 is 5.60. The molecular weight excluding hydrogens is 262 g/mol. The van der Waals surface area contributed by atoms with Crippen molar-refractivity contribution in [2.75, 3.05) is 26.7 Å². The molecule has 1 unspecified atom stereocenters. The van der Waals surface area contributed by atoms with E-state index in [0.717, 1.165) is 5.75 Å². The van der Waals surface area contributed by atoms with Crippen LogP contribution in [0, 0.1) is 0 Å². The zero-order valence-corrected chi connectivity index (χ0v) is 13.9. The van der Waals surface area contributed by atoms with Crippen molar-refractivity contribution in [1.29, 1.82) is 0 Å². The topological polar surface area (TPSA) is 37.4 Å². The highest BCUT2D eigenvalue weighted by atomic mass is 16.5. The van der Waals surface area contributed by atoms with E-state index >= 15 is 0 Å². The molecule has 0 aromatic carbocycles. The number of ether oxygens (including phenoxy) is 1. The minimum atomic E-state index is 0.0572. The van der Waals surface area contributed by atoms with Crippen LogP contribution in [0.3, 0.4) is 0 Å². The molecule has 1 aromatic heterocycles. The normalized spacial score (nSPS) is 18.5. The number of hydrogen-bond acceptors (Lipinski definition) is 4. The van der Waals surface area contributed by atoms with Gasteiger partial charge in [0.25, 0.3) is 0 Å². The molecule has 0 aliphatic carbocycles. The predicted molar refractivity (Wildman–Crippen MR) is 86.7 cm³/mol. The molecule has 1 aliphatic rings. The van der Waals surface area contributed by atoms with E-state index in [-0.39, 0.29) is 11.6 Å². The second-order valence-corrected chi connectivity index (χ2v) is 6.31. The number of hydrogen-bond donors (Lipinski definition) is 1. The van der Waals surface area contributed by atoms with Crippen molar-refractivity contribution >= 4 is 0 Å². The third-order valence-corrected chi connectivity index (χ3v) is 4.54. The van der Waals surface area contributed by atoms with Gasteiger partial charge in [0, 0.05) is 11.7 Å². The van der Waals surface area contributed by atoms with E-state index in [1.54, 1.807) is 6.20 Å². The number of likely N-dealkylation sites (N-methyl/N-ethyl adjacent to an activating group) is 1. The monoisotopic (exact) mass is 291 g/mol. The van der Waals surface area contributed by atoms with Crippen molar-refractivity contribution < 1.29 is 4.74 Å². The van der Waals surface area contributed by atoms with Gasteiger partial charge in [0.15, 0.2) is 0 Å². The van der Waals surface area contributed by atoms with Gasteiger partial charge in [-0.3, -0.25) is 9.88 Å². The average molecular weight is 291 g/mol. The molecule has 0 spiro atoms. The molecule has 1 N–H and O–H groups in total. The van der Waals surface area contributed by atoms with Crippen LogP contribution in [-0.4, -0.2) is 42.2 Å². The van der Waals surface area contributed by atoms with Crippen LogP contribution in [0.5, 0.6) is 5.75 Å². The third kappa shape index (κ3) is 3.74. The average Bonchev–Trinajstić information content (AvgIpc) is 2.49. The van der Waals surface area contributed by atoms with Gasteiger partial charge >= 0.3 is 0 Å². The van der Waals surface area contributed by atoms with Gasteiger partial charge in [-0.05, 0) is 65.4 Å². The fourth-order valence-corrected chi connectivity index (χ4v) is 3.42. The summed E-state index contributed by atoms with van der Waals surface area (Å²) in [5.74, 6) is 0.852. The first-order chi connectivity index (χ1) is 10.1. The molecule has 0 amide bonds. The zero-order chi connectivity index (χ0) is 15.3. The Balaban J connectivity index is 2.22. The molecule has 1 saturated heterocycles. The lowest BCUT2D eigenvalue weighted by atomic mass is 9.86. The summed E-state index contributed by atoms with van der Waals surface area (Å²) >= 11 is 0. The Bertz CT molecular complexity index is 441. The van der Waals surface area contributed by atoms with Crippen LogP contribution in [0.4, 0.5) is 0 Å².